The molecule has 1 aromatic carbocycles. The minimum Gasteiger partial charge on any atom is -0.356 e. The van der Waals surface area contributed by atoms with Gasteiger partial charge in [-0.2, -0.15) is 0 Å². The van der Waals surface area contributed by atoms with Crippen LogP contribution in [0.5, 0.6) is 0 Å². The molecular weight excluding hydrogens is 361 g/mol. The Morgan fingerprint density at radius 1 is 1.47 bits per heavy atom. The molecule has 0 bridgehead atoms. The standard InChI is InChI=1S/C12H14IN3O3/c1-12(2)11(17)14-5-6-15(12)8-3-4-10(16(18)19)9(13)7-8/h3-4,7H,5-6H2,1-2H3,(H,14,17). The molecule has 7 heteroatoms. The van der Waals surface area contributed by atoms with Gasteiger partial charge in [-0.1, -0.05) is 0 Å². The highest BCUT2D eigenvalue weighted by Crippen LogP contribution is 2.31. The van der Waals surface area contributed by atoms with E-state index in [4.69, 9.17) is 0 Å². The summed E-state index contributed by atoms with van der Waals surface area (Å²) in [5.41, 5.74) is 0.260. The van der Waals surface area contributed by atoms with Gasteiger partial charge < -0.3 is 10.2 Å². The molecule has 1 N–H and O–H groups in total. The Kier molecular flexibility index (Phi) is 3.66. The molecule has 1 heterocycles. The van der Waals surface area contributed by atoms with Crippen molar-refractivity contribution in [3.8, 4) is 0 Å². The van der Waals surface area contributed by atoms with Crippen LogP contribution in [0.25, 0.3) is 0 Å². The second-order valence-electron chi connectivity index (χ2n) is 4.86. The van der Waals surface area contributed by atoms with Crippen LogP contribution in [0, 0.1) is 13.7 Å². The van der Waals surface area contributed by atoms with E-state index in [1.165, 1.54) is 6.07 Å². The first-order chi connectivity index (χ1) is 8.84. The summed E-state index contributed by atoms with van der Waals surface area (Å²) >= 11 is 1.95. The zero-order chi connectivity index (χ0) is 14.2. The highest BCUT2D eigenvalue weighted by molar-refractivity contribution is 14.1. The van der Waals surface area contributed by atoms with Gasteiger partial charge in [0.2, 0.25) is 5.91 Å². The number of carbonyl (C=O) groups excluding carboxylic acids is 1. The van der Waals surface area contributed by atoms with Crippen LogP contribution >= 0.6 is 22.6 Å². The molecule has 1 aliphatic rings. The molecule has 0 unspecified atom stereocenters. The highest BCUT2D eigenvalue weighted by atomic mass is 127. The van der Waals surface area contributed by atoms with E-state index in [1.54, 1.807) is 12.1 Å². The number of amides is 1. The lowest BCUT2D eigenvalue weighted by Gasteiger charge is -2.42. The largest absolute Gasteiger partial charge is 0.356 e. The number of carbonyl (C=O) groups is 1. The Bertz CT molecular complexity index is 545. The van der Waals surface area contributed by atoms with Crippen molar-refractivity contribution in [3.05, 3.63) is 31.9 Å². The third-order valence-electron chi connectivity index (χ3n) is 3.29. The quantitative estimate of drug-likeness (QED) is 0.487. The number of nitrogens with one attached hydrogen (secondary N) is 1. The van der Waals surface area contributed by atoms with E-state index in [0.717, 1.165) is 5.69 Å². The summed E-state index contributed by atoms with van der Waals surface area (Å²) in [6.07, 6.45) is 0. The van der Waals surface area contributed by atoms with Crippen LogP contribution in [-0.2, 0) is 4.79 Å². The lowest BCUT2D eigenvalue weighted by Crippen LogP contribution is -2.62. The summed E-state index contributed by atoms with van der Waals surface area (Å²) in [5.74, 6) is -0.0351. The number of nitro benzene ring substituents is 1. The van der Waals surface area contributed by atoms with Crippen LogP contribution in [0.4, 0.5) is 11.4 Å². The third-order valence-corrected chi connectivity index (χ3v) is 4.16. The van der Waals surface area contributed by atoms with Crippen molar-refractivity contribution >= 4 is 39.9 Å². The Morgan fingerprint density at radius 3 is 2.74 bits per heavy atom. The van der Waals surface area contributed by atoms with E-state index >= 15 is 0 Å². The van der Waals surface area contributed by atoms with Crippen molar-refractivity contribution in [1.29, 1.82) is 0 Å². The maximum atomic E-state index is 11.9. The van der Waals surface area contributed by atoms with Crippen molar-refractivity contribution < 1.29 is 9.72 Å². The maximum Gasteiger partial charge on any atom is 0.282 e. The smallest absolute Gasteiger partial charge is 0.282 e. The summed E-state index contributed by atoms with van der Waals surface area (Å²) in [6, 6.07) is 4.93. The summed E-state index contributed by atoms with van der Waals surface area (Å²) in [7, 11) is 0. The van der Waals surface area contributed by atoms with Gasteiger partial charge in [0, 0.05) is 24.8 Å². The summed E-state index contributed by atoms with van der Waals surface area (Å²) in [4.78, 5) is 24.3. The van der Waals surface area contributed by atoms with Gasteiger partial charge in [-0.15, -0.1) is 0 Å². The fourth-order valence-electron chi connectivity index (χ4n) is 2.16. The fraction of sp³-hybridized carbons (Fsp3) is 0.417. The first-order valence-corrected chi connectivity index (χ1v) is 6.92. The zero-order valence-electron chi connectivity index (χ0n) is 10.6. The molecule has 19 heavy (non-hydrogen) atoms. The normalized spacial score (nSPS) is 18.1. The molecule has 1 aromatic rings. The molecule has 1 fully saturated rings. The van der Waals surface area contributed by atoms with E-state index < -0.39 is 10.5 Å². The molecule has 1 amide bonds. The number of nitrogens with zero attached hydrogens (tertiary/aromatic N) is 2. The highest BCUT2D eigenvalue weighted by Gasteiger charge is 2.38. The Labute approximate surface area is 124 Å². The van der Waals surface area contributed by atoms with Gasteiger partial charge in [0.25, 0.3) is 5.69 Å². The molecule has 102 valence electrons. The minimum absolute atomic E-state index is 0.0351. The van der Waals surface area contributed by atoms with E-state index in [1.807, 2.05) is 41.3 Å². The average Bonchev–Trinajstić information content (AvgIpc) is 2.32. The molecule has 2 rings (SSSR count). The second kappa shape index (κ2) is 4.95. The van der Waals surface area contributed by atoms with Crippen LogP contribution in [0.3, 0.4) is 0 Å². The van der Waals surface area contributed by atoms with Gasteiger partial charge in [0.05, 0.1) is 8.49 Å². The van der Waals surface area contributed by atoms with Crippen molar-refractivity contribution in [2.45, 2.75) is 19.4 Å². The molecule has 1 saturated heterocycles. The monoisotopic (exact) mass is 375 g/mol. The van der Waals surface area contributed by atoms with Crippen molar-refractivity contribution in [1.82, 2.24) is 5.32 Å². The predicted molar refractivity (Wildman–Crippen MR) is 80.2 cm³/mol. The van der Waals surface area contributed by atoms with Crippen LogP contribution in [-0.4, -0.2) is 29.5 Å². The molecule has 0 aliphatic carbocycles. The Morgan fingerprint density at radius 2 is 2.16 bits per heavy atom. The Hall–Kier alpha value is -1.38. The summed E-state index contributed by atoms with van der Waals surface area (Å²) in [6.45, 7) is 4.95. The molecular formula is C12H14IN3O3. The number of anilines is 1. The number of nitro groups is 1. The lowest BCUT2D eigenvalue weighted by molar-refractivity contribution is -0.385. The maximum absolute atomic E-state index is 11.9. The molecule has 0 saturated carbocycles. The van der Waals surface area contributed by atoms with Crippen LogP contribution in [0.15, 0.2) is 18.2 Å². The van der Waals surface area contributed by atoms with E-state index in [0.29, 0.717) is 16.7 Å². The number of benzene rings is 1. The Balaban J connectivity index is 2.39. The zero-order valence-corrected chi connectivity index (χ0v) is 12.8. The topological polar surface area (TPSA) is 75.5 Å². The van der Waals surface area contributed by atoms with Crippen LogP contribution in [0.1, 0.15) is 13.8 Å². The van der Waals surface area contributed by atoms with Gasteiger partial charge in [-0.25, -0.2) is 0 Å². The van der Waals surface area contributed by atoms with Gasteiger partial charge in [-0.3, -0.25) is 14.9 Å². The van der Waals surface area contributed by atoms with Gasteiger partial charge in [0.1, 0.15) is 5.54 Å². The van der Waals surface area contributed by atoms with Gasteiger partial charge >= 0.3 is 0 Å². The second-order valence-corrected chi connectivity index (χ2v) is 6.02. The summed E-state index contributed by atoms with van der Waals surface area (Å²) in [5, 5.41) is 13.6. The van der Waals surface area contributed by atoms with Crippen LogP contribution < -0.4 is 10.2 Å². The number of hydrogen-bond acceptors (Lipinski definition) is 4. The summed E-state index contributed by atoms with van der Waals surface area (Å²) < 4.78 is 0.571. The van der Waals surface area contributed by atoms with E-state index in [2.05, 4.69) is 5.32 Å². The molecule has 0 atom stereocenters. The van der Waals surface area contributed by atoms with Crippen molar-refractivity contribution in [2.24, 2.45) is 0 Å². The predicted octanol–water partition coefficient (Wildman–Crippen LogP) is 1.91. The minimum atomic E-state index is -0.655. The van der Waals surface area contributed by atoms with Crippen LogP contribution in [0.2, 0.25) is 0 Å². The SMILES string of the molecule is CC1(C)C(=O)NCCN1c1ccc([N+](=O)[O-])c(I)c1. The number of rotatable bonds is 2. The molecule has 0 spiro atoms. The average molecular weight is 375 g/mol. The molecule has 6 nitrogen and oxygen atoms in total. The van der Waals surface area contributed by atoms with E-state index in [9.17, 15) is 14.9 Å². The number of hydrogen-bond donors (Lipinski definition) is 1. The molecule has 0 radical (unpaired) electrons. The van der Waals surface area contributed by atoms with Crippen molar-refractivity contribution in [3.63, 3.8) is 0 Å². The molecule has 0 aromatic heterocycles. The number of halogens is 1. The first-order valence-electron chi connectivity index (χ1n) is 5.84. The van der Waals surface area contributed by atoms with Gasteiger partial charge in [-0.05, 0) is 48.6 Å². The third kappa shape index (κ3) is 2.51. The first kappa shape index (κ1) is 14.0. The van der Waals surface area contributed by atoms with E-state index in [-0.39, 0.29) is 11.6 Å². The van der Waals surface area contributed by atoms with Crippen molar-refractivity contribution in [2.75, 3.05) is 18.0 Å². The lowest BCUT2D eigenvalue weighted by atomic mass is 9.98. The fourth-order valence-corrected chi connectivity index (χ4v) is 2.86. The molecule has 1 aliphatic heterocycles. The number of piperazine rings is 1. The van der Waals surface area contributed by atoms with Gasteiger partial charge in [0.15, 0.2) is 0 Å².